The number of aliphatic hydroxyl groups excluding tert-OH is 1. The van der Waals surface area contributed by atoms with Gasteiger partial charge in [0, 0.05) is 29.4 Å². The Bertz CT molecular complexity index is 384. The van der Waals surface area contributed by atoms with Gasteiger partial charge in [-0.05, 0) is 30.5 Å². The van der Waals surface area contributed by atoms with Gasteiger partial charge < -0.3 is 10.4 Å². The number of hydrogen-bond donors (Lipinski definition) is 2. The molecule has 0 fully saturated rings. The average molecular weight is 285 g/mol. The van der Waals surface area contributed by atoms with Gasteiger partial charge in [0.15, 0.2) is 0 Å². The minimum Gasteiger partial charge on any atom is -0.396 e. The van der Waals surface area contributed by atoms with E-state index in [1.165, 1.54) is 6.07 Å². The van der Waals surface area contributed by atoms with Crippen molar-refractivity contribution in [3.63, 3.8) is 0 Å². The monoisotopic (exact) mass is 285 g/mol. The van der Waals surface area contributed by atoms with Crippen LogP contribution in [0, 0.1) is 17.7 Å². The largest absolute Gasteiger partial charge is 0.396 e. The molecule has 1 aromatic rings. The number of rotatable bonds is 8. The lowest BCUT2D eigenvalue weighted by atomic mass is 10.2. The van der Waals surface area contributed by atoms with Gasteiger partial charge in [-0.25, -0.2) is 4.39 Å². The van der Waals surface area contributed by atoms with Crippen molar-refractivity contribution in [2.45, 2.75) is 32.2 Å². The summed E-state index contributed by atoms with van der Waals surface area (Å²) in [6.45, 7) is 7.86. The lowest BCUT2D eigenvalue weighted by Crippen LogP contribution is -2.20. The standard InChI is InChI=1S/C15H24FNOS/c1-11(2)7-17-8-13-14(16)5-4-6-15(13)19-10-12(3)9-18/h4-6,11-12,17-18H,7-10H2,1-3H3. The van der Waals surface area contributed by atoms with Crippen molar-refractivity contribution in [1.29, 1.82) is 0 Å². The Morgan fingerprint density at radius 3 is 2.68 bits per heavy atom. The summed E-state index contributed by atoms with van der Waals surface area (Å²) >= 11 is 1.61. The molecule has 108 valence electrons. The highest BCUT2D eigenvalue weighted by molar-refractivity contribution is 7.99. The Balaban J connectivity index is 2.66. The van der Waals surface area contributed by atoms with E-state index in [0.29, 0.717) is 12.5 Å². The van der Waals surface area contributed by atoms with E-state index < -0.39 is 0 Å². The van der Waals surface area contributed by atoms with Crippen LogP contribution in [0.15, 0.2) is 23.1 Å². The molecular formula is C15H24FNOS. The highest BCUT2D eigenvalue weighted by atomic mass is 32.2. The van der Waals surface area contributed by atoms with Crippen molar-refractivity contribution in [1.82, 2.24) is 5.32 Å². The Morgan fingerprint density at radius 1 is 1.32 bits per heavy atom. The van der Waals surface area contributed by atoms with E-state index in [1.807, 2.05) is 13.0 Å². The van der Waals surface area contributed by atoms with Gasteiger partial charge in [-0.15, -0.1) is 11.8 Å². The van der Waals surface area contributed by atoms with E-state index in [9.17, 15) is 4.39 Å². The molecule has 1 atom stereocenters. The molecule has 0 spiro atoms. The van der Waals surface area contributed by atoms with Crippen molar-refractivity contribution in [3.05, 3.63) is 29.6 Å². The topological polar surface area (TPSA) is 32.3 Å². The van der Waals surface area contributed by atoms with Gasteiger partial charge in [0.1, 0.15) is 5.82 Å². The van der Waals surface area contributed by atoms with Crippen LogP contribution in [-0.2, 0) is 6.54 Å². The van der Waals surface area contributed by atoms with E-state index in [4.69, 9.17) is 5.11 Å². The van der Waals surface area contributed by atoms with E-state index >= 15 is 0 Å². The molecule has 0 amide bonds. The highest BCUT2D eigenvalue weighted by Gasteiger charge is 2.10. The first-order valence-electron chi connectivity index (χ1n) is 6.76. The first kappa shape index (κ1) is 16.5. The smallest absolute Gasteiger partial charge is 0.128 e. The second kappa shape index (κ2) is 8.56. The minimum absolute atomic E-state index is 0.155. The quantitative estimate of drug-likeness (QED) is 0.719. The van der Waals surface area contributed by atoms with Gasteiger partial charge in [-0.3, -0.25) is 0 Å². The molecule has 0 aromatic heterocycles. The summed E-state index contributed by atoms with van der Waals surface area (Å²) in [5.41, 5.74) is 0.735. The van der Waals surface area contributed by atoms with Crippen LogP contribution in [0.1, 0.15) is 26.3 Å². The van der Waals surface area contributed by atoms with Gasteiger partial charge in [0.05, 0.1) is 0 Å². The molecule has 0 aliphatic heterocycles. The van der Waals surface area contributed by atoms with Crippen molar-refractivity contribution in [2.24, 2.45) is 11.8 Å². The van der Waals surface area contributed by atoms with E-state index in [-0.39, 0.29) is 18.3 Å². The lowest BCUT2D eigenvalue weighted by molar-refractivity contribution is 0.250. The van der Waals surface area contributed by atoms with Crippen LogP contribution < -0.4 is 5.32 Å². The van der Waals surface area contributed by atoms with Gasteiger partial charge in [-0.2, -0.15) is 0 Å². The van der Waals surface area contributed by atoms with Crippen LogP contribution in [-0.4, -0.2) is 24.0 Å². The van der Waals surface area contributed by atoms with Crippen LogP contribution in [0.3, 0.4) is 0 Å². The fraction of sp³-hybridized carbons (Fsp3) is 0.600. The summed E-state index contributed by atoms with van der Waals surface area (Å²) < 4.78 is 13.9. The first-order valence-corrected chi connectivity index (χ1v) is 7.75. The van der Waals surface area contributed by atoms with Gasteiger partial charge >= 0.3 is 0 Å². The molecule has 2 nitrogen and oxygen atoms in total. The normalized spacial score (nSPS) is 12.9. The van der Waals surface area contributed by atoms with Gasteiger partial charge in [0.2, 0.25) is 0 Å². The summed E-state index contributed by atoms with van der Waals surface area (Å²) in [5.74, 6) is 1.43. The Morgan fingerprint density at radius 2 is 2.05 bits per heavy atom. The predicted octanol–water partition coefficient (Wildman–Crippen LogP) is 3.29. The maximum absolute atomic E-state index is 13.9. The molecule has 4 heteroatoms. The van der Waals surface area contributed by atoms with E-state index in [2.05, 4.69) is 19.2 Å². The average Bonchev–Trinajstić information content (AvgIpc) is 2.38. The first-order chi connectivity index (χ1) is 9.04. The molecule has 2 N–H and O–H groups in total. The zero-order valence-corrected chi connectivity index (χ0v) is 12.8. The Kier molecular flexibility index (Phi) is 7.42. The van der Waals surface area contributed by atoms with E-state index in [0.717, 1.165) is 22.8 Å². The number of nitrogens with one attached hydrogen (secondary N) is 1. The molecule has 0 radical (unpaired) electrons. The third-order valence-electron chi connectivity index (χ3n) is 2.77. The Hall–Kier alpha value is -0.580. The van der Waals surface area contributed by atoms with Crippen molar-refractivity contribution >= 4 is 11.8 Å². The fourth-order valence-electron chi connectivity index (χ4n) is 1.62. The molecule has 1 rings (SSSR count). The summed E-state index contributed by atoms with van der Waals surface area (Å²) in [4.78, 5) is 0.969. The van der Waals surface area contributed by atoms with Crippen LogP contribution in [0.5, 0.6) is 0 Å². The van der Waals surface area contributed by atoms with Gasteiger partial charge in [0.25, 0.3) is 0 Å². The number of thioether (sulfide) groups is 1. The van der Waals surface area contributed by atoms with Crippen LogP contribution in [0.4, 0.5) is 4.39 Å². The molecule has 0 saturated carbocycles. The van der Waals surface area contributed by atoms with Crippen LogP contribution in [0.2, 0.25) is 0 Å². The second-order valence-corrected chi connectivity index (χ2v) is 6.40. The molecule has 0 aliphatic carbocycles. The Labute approximate surface area is 119 Å². The maximum Gasteiger partial charge on any atom is 0.128 e. The van der Waals surface area contributed by atoms with E-state index in [1.54, 1.807) is 17.8 Å². The summed E-state index contributed by atoms with van der Waals surface area (Å²) in [5, 5.41) is 12.3. The fourth-order valence-corrected chi connectivity index (χ4v) is 2.70. The summed E-state index contributed by atoms with van der Waals surface area (Å²) in [7, 11) is 0. The van der Waals surface area contributed by atoms with Gasteiger partial charge in [-0.1, -0.05) is 26.8 Å². The molecule has 0 heterocycles. The third-order valence-corrected chi connectivity index (χ3v) is 4.19. The number of hydrogen-bond acceptors (Lipinski definition) is 3. The molecule has 1 unspecified atom stereocenters. The molecule has 1 aromatic carbocycles. The SMILES string of the molecule is CC(C)CNCc1c(F)cccc1SCC(C)CO. The second-order valence-electron chi connectivity index (χ2n) is 5.34. The molecule has 0 aliphatic rings. The van der Waals surface area contributed by atoms with Crippen molar-refractivity contribution < 1.29 is 9.50 Å². The molecule has 0 saturated heterocycles. The lowest BCUT2D eigenvalue weighted by Gasteiger charge is -2.14. The molecular weight excluding hydrogens is 261 g/mol. The maximum atomic E-state index is 13.9. The van der Waals surface area contributed by atoms with Crippen molar-refractivity contribution in [3.8, 4) is 0 Å². The zero-order valence-electron chi connectivity index (χ0n) is 11.9. The van der Waals surface area contributed by atoms with Crippen LogP contribution >= 0.6 is 11.8 Å². The van der Waals surface area contributed by atoms with Crippen molar-refractivity contribution in [2.75, 3.05) is 18.9 Å². The highest BCUT2D eigenvalue weighted by Crippen LogP contribution is 2.26. The zero-order chi connectivity index (χ0) is 14.3. The predicted molar refractivity (Wildman–Crippen MR) is 79.9 cm³/mol. The minimum atomic E-state index is -0.155. The van der Waals surface area contributed by atoms with Crippen LogP contribution in [0.25, 0.3) is 0 Å². The number of aliphatic hydroxyl groups is 1. The number of benzene rings is 1. The third kappa shape index (κ3) is 5.93. The molecule has 0 bridgehead atoms. The molecule has 19 heavy (non-hydrogen) atoms. The number of halogens is 1. The summed E-state index contributed by atoms with van der Waals surface area (Å²) in [6.07, 6.45) is 0. The summed E-state index contributed by atoms with van der Waals surface area (Å²) in [6, 6.07) is 5.20.